The third-order valence-corrected chi connectivity index (χ3v) is 4.92. The number of rotatable bonds is 5. The SMILES string of the molecule is CCCCC(=O)N1CCN(c2cc(C)c3cccc(OC)c3n2)CC1. The van der Waals surface area contributed by atoms with Crippen molar-refractivity contribution in [2.24, 2.45) is 0 Å². The van der Waals surface area contributed by atoms with Crippen LogP contribution in [0.2, 0.25) is 0 Å². The number of fused-ring (bicyclic) bond motifs is 1. The second kappa shape index (κ2) is 7.72. The van der Waals surface area contributed by atoms with E-state index >= 15 is 0 Å². The van der Waals surface area contributed by atoms with E-state index in [9.17, 15) is 4.79 Å². The van der Waals surface area contributed by atoms with Gasteiger partial charge in [0.25, 0.3) is 0 Å². The Bertz CT molecular complexity index is 752. The average Bonchev–Trinajstić information content (AvgIpc) is 2.65. The molecule has 2 heterocycles. The van der Waals surface area contributed by atoms with E-state index in [0.717, 1.165) is 61.5 Å². The van der Waals surface area contributed by atoms with E-state index in [4.69, 9.17) is 9.72 Å². The molecule has 1 aromatic carbocycles. The van der Waals surface area contributed by atoms with Crippen molar-refractivity contribution in [2.45, 2.75) is 33.1 Å². The Morgan fingerprint density at radius 3 is 2.68 bits per heavy atom. The summed E-state index contributed by atoms with van der Waals surface area (Å²) in [6, 6.07) is 8.16. The summed E-state index contributed by atoms with van der Waals surface area (Å²) in [5.74, 6) is 2.05. The highest BCUT2D eigenvalue weighted by Crippen LogP contribution is 2.29. The first-order valence-corrected chi connectivity index (χ1v) is 9.11. The molecule has 0 radical (unpaired) electrons. The number of hydrogen-bond donors (Lipinski definition) is 0. The highest BCUT2D eigenvalue weighted by molar-refractivity contribution is 5.89. The van der Waals surface area contributed by atoms with Crippen LogP contribution >= 0.6 is 0 Å². The molecule has 1 aromatic heterocycles. The minimum atomic E-state index is 0.283. The van der Waals surface area contributed by atoms with Crippen LogP contribution in [0.3, 0.4) is 0 Å². The van der Waals surface area contributed by atoms with Gasteiger partial charge in [-0.05, 0) is 31.0 Å². The Labute approximate surface area is 149 Å². The van der Waals surface area contributed by atoms with Gasteiger partial charge in [-0.3, -0.25) is 4.79 Å². The van der Waals surface area contributed by atoms with Crippen LogP contribution < -0.4 is 9.64 Å². The predicted octanol–water partition coefficient (Wildman–Crippen LogP) is 3.39. The summed E-state index contributed by atoms with van der Waals surface area (Å²) in [5.41, 5.74) is 2.10. The second-order valence-corrected chi connectivity index (χ2v) is 6.63. The van der Waals surface area contributed by atoms with Gasteiger partial charge in [-0.2, -0.15) is 0 Å². The van der Waals surface area contributed by atoms with Gasteiger partial charge in [0.1, 0.15) is 17.1 Å². The zero-order valence-corrected chi connectivity index (χ0v) is 15.4. The highest BCUT2D eigenvalue weighted by atomic mass is 16.5. The monoisotopic (exact) mass is 341 g/mol. The normalized spacial score (nSPS) is 14.8. The number of carbonyl (C=O) groups excluding carboxylic acids is 1. The summed E-state index contributed by atoms with van der Waals surface area (Å²) < 4.78 is 5.48. The van der Waals surface area contributed by atoms with Crippen LogP contribution in [-0.2, 0) is 4.79 Å². The largest absolute Gasteiger partial charge is 0.494 e. The first-order valence-electron chi connectivity index (χ1n) is 9.11. The molecule has 0 saturated carbocycles. The van der Waals surface area contributed by atoms with Crippen LogP contribution in [0, 0.1) is 6.92 Å². The van der Waals surface area contributed by atoms with E-state index in [-0.39, 0.29) is 5.91 Å². The Kier molecular flexibility index (Phi) is 5.41. The fraction of sp³-hybridized carbons (Fsp3) is 0.500. The van der Waals surface area contributed by atoms with E-state index in [2.05, 4.69) is 30.9 Å². The van der Waals surface area contributed by atoms with Crippen LogP contribution in [0.4, 0.5) is 5.82 Å². The van der Waals surface area contributed by atoms with E-state index in [0.29, 0.717) is 6.42 Å². The maximum atomic E-state index is 12.2. The third kappa shape index (κ3) is 3.70. The summed E-state index contributed by atoms with van der Waals surface area (Å²) in [6.07, 6.45) is 2.71. The lowest BCUT2D eigenvalue weighted by atomic mass is 10.1. The molecule has 1 amide bonds. The molecule has 1 saturated heterocycles. The molecule has 0 aliphatic carbocycles. The van der Waals surface area contributed by atoms with Crippen LogP contribution in [0.25, 0.3) is 10.9 Å². The van der Waals surface area contributed by atoms with Crippen molar-refractivity contribution in [3.8, 4) is 5.75 Å². The maximum absolute atomic E-state index is 12.2. The number of aromatic nitrogens is 1. The number of para-hydroxylation sites is 1. The molecule has 0 N–H and O–H groups in total. The maximum Gasteiger partial charge on any atom is 0.222 e. The predicted molar refractivity (Wildman–Crippen MR) is 101 cm³/mol. The summed E-state index contributed by atoms with van der Waals surface area (Å²) in [7, 11) is 1.68. The van der Waals surface area contributed by atoms with E-state index in [1.165, 1.54) is 5.56 Å². The van der Waals surface area contributed by atoms with Crippen LogP contribution in [0.1, 0.15) is 31.7 Å². The van der Waals surface area contributed by atoms with Gasteiger partial charge in [0, 0.05) is 38.0 Å². The number of piperazine rings is 1. The van der Waals surface area contributed by atoms with Crippen molar-refractivity contribution in [1.29, 1.82) is 0 Å². The van der Waals surface area contributed by atoms with Gasteiger partial charge in [0.2, 0.25) is 5.91 Å². The van der Waals surface area contributed by atoms with Crippen molar-refractivity contribution >= 4 is 22.6 Å². The summed E-state index contributed by atoms with van der Waals surface area (Å²) in [5, 5.41) is 1.12. The smallest absolute Gasteiger partial charge is 0.222 e. The molecule has 0 bridgehead atoms. The molecule has 134 valence electrons. The molecule has 5 nitrogen and oxygen atoms in total. The Hall–Kier alpha value is -2.30. The molecule has 1 aliphatic heterocycles. The number of carbonyl (C=O) groups is 1. The summed E-state index contributed by atoms with van der Waals surface area (Å²) >= 11 is 0. The number of nitrogens with zero attached hydrogens (tertiary/aromatic N) is 3. The number of methoxy groups -OCH3 is 1. The minimum Gasteiger partial charge on any atom is -0.494 e. The van der Waals surface area contributed by atoms with Gasteiger partial charge in [0.05, 0.1) is 7.11 Å². The van der Waals surface area contributed by atoms with Crippen molar-refractivity contribution in [2.75, 3.05) is 38.2 Å². The average molecular weight is 341 g/mol. The van der Waals surface area contributed by atoms with Crippen molar-refractivity contribution in [3.05, 3.63) is 29.8 Å². The van der Waals surface area contributed by atoms with Gasteiger partial charge in [-0.1, -0.05) is 25.5 Å². The number of pyridine rings is 1. The number of hydrogen-bond acceptors (Lipinski definition) is 4. The Morgan fingerprint density at radius 2 is 2.00 bits per heavy atom. The molecule has 5 heteroatoms. The fourth-order valence-electron chi connectivity index (χ4n) is 3.37. The van der Waals surface area contributed by atoms with Gasteiger partial charge in [-0.25, -0.2) is 4.98 Å². The number of benzene rings is 1. The summed E-state index contributed by atoms with van der Waals surface area (Å²) in [4.78, 5) is 21.3. The minimum absolute atomic E-state index is 0.283. The topological polar surface area (TPSA) is 45.7 Å². The molecular formula is C20H27N3O2. The van der Waals surface area contributed by atoms with Gasteiger partial charge >= 0.3 is 0 Å². The third-order valence-electron chi connectivity index (χ3n) is 4.92. The molecule has 0 unspecified atom stereocenters. The molecular weight excluding hydrogens is 314 g/mol. The number of amides is 1. The van der Waals surface area contributed by atoms with Crippen LogP contribution in [0.5, 0.6) is 5.75 Å². The first-order chi connectivity index (χ1) is 12.1. The van der Waals surface area contributed by atoms with Gasteiger partial charge < -0.3 is 14.5 Å². The molecule has 1 aliphatic rings. The molecule has 1 fully saturated rings. The van der Waals surface area contributed by atoms with Gasteiger partial charge in [0.15, 0.2) is 0 Å². The van der Waals surface area contributed by atoms with Crippen LogP contribution in [0.15, 0.2) is 24.3 Å². The Balaban J connectivity index is 1.76. The molecule has 0 atom stereocenters. The molecule has 2 aromatic rings. The van der Waals surface area contributed by atoms with Crippen molar-refractivity contribution in [1.82, 2.24) is 9.88 Å². The standard InChI is InChI=1S/C20H27N3O2/c1-4-5-9-19(24)23-12-10-22(11-13-23)18-14-15(2)16-7-6-8-17(25-3)20(16)21-18/h6-8,14H,4-5,9-13H2,1-3H3. The molecule has 0 spiro atoms. The van der Waals surface area contributed by atoms with Crippen molar-refractivity contribution < 1.29 is 9.53 Å². The van der Waals surface area contributed by atoms with E-state index < -0.39 is 0 Å². The van der Waals surface area contributed by atoms with Crippen LogP contribution in [-0.4, -0.2) is 49.1 Å². The first kappa shape index (κ1) is 17.5. The molecule has 25 heavy (non-hydrogen) atoms. The van der Waals surface area contributed by atoms with Gasteiger partial charge in [-0.15, -0.1) is 0 Å². The lowest BCUT2D eigenvalue weighted by molar-refractivity contribution is -0.131. The fourth-order valence-corrected chi connectivity index (χ4v) is 3.37. The van der Waals surface area contributed by atoms with Crippen molar-refractivity contribution in [3.63, 3.8) is 0 Å². The summed E-state index contributed by atoms with van der Waals surface area (Å²) in [6.45, 7) is 7.42. The Morgan fingerprint density at radius 1 is 1.24 bits per heavy atom. The zero-order chi connectivity index (χ0) is 17.8. The van der Waals surface area contributed by atoms with E-state index in [1.807, 2.05) is 17.0 Å². The number of unbranched alkanes of at least 4 members (excludes halogenated alkanes) is 1. The van der Waals surface area contributed by atoms with E-state index in [1.54, 1.807) is 7.11 Å². The molecule has 3 rings (SSSR count). The number of ether oxygens (including phenoxy) is 1. The lowest BCUT2D eigenvalue weighted by Gasteiger charge is -2.35. The highest BCUT2D eigenvalue weighted by Gasteiger charge is 2.22. The zero-order valence-electron chi connectivity index (χ0n) is 15.4. The number of anilines is 1. The number of aryl methyl sites for hydroxylation is 1. The lowest BCUT2D eigenvalue weighted by Crippen LogP contribution is -2.49. The quantitative estimate of drug-likeness (QED) is 0.836. The second-order valence-electron chi connectivity index (χ2n) is 6.63.